The van der Waals surface area contributed by atoms with E-state index in [4.69, 9.17) is 10.5 Å². The summed E-state index contributed by atoms with van der Waals surface area (Å²) in [5.74, 6) is -0.381. The maximum absolute atomic E-state index is 11.7. The molecule has 0 atom stereocenters. The van der Waals surface area contributed by atoms with Crippen LogP contribution in [-0.2, 0) is 0 Å². The molecule has 3 N–H and O–H groups in total. The summed E-state index contributed by atoms with van der Waals surface area (Å²) >= 11 is 0. The third-order valence-corrected chi connectivity index (χ3v) is 6.06. The molecule has 5 rings (SSSR count). The fourth-order valence-electron chi connectivity index (χ4n) is 4.16. The SMILES string of the molecule is CN(C)CCC=C1c2ccccc2C=Cc2ccccc21.Cl.Nc1ccc(C(=O)Oc2ccccc2)c(O)c1. The van der Waals surface area contributed by atoms with Crippen LogP contribution >= 0.6 is 12.4 Å². The van der Waals surface area contributed by atoms with Crippen molar-refractivity contribution in [1.29, 1.82) is 0 Å². The molecule has 6 heteroatoms. The third-order valence-electron chi connectivity index (χ3n) is 6.06. The lowest BCUT2D eigenvalue weighted by Gasteiger charge is -2.13. The fourth-order valence-corrected chi connectivity index (χ4v) is 4.16. The highest BCUT2D eigenvalue weighted by Crippen LogP contribution is 2.33. The molecule has 4 aromatic rings. The van der Waals surface area contributed by atoms with Gasteiger partial charge in [0, 0.05) is 18.3 Å². The van der Waals surface area contributed by atoms with E-state index < -0.39 is 5.97 Å². The van der Waals surface area contributed by atoms with Crippen LogP contribution in [-0.4, -0.2) is 36.6 Å². The van der Waals surface area contributed by atoms with Crippen LogP contribution in [0.3, 0.4) is 0 Å². The minimum absolute atomic E-state index is 0. The number of ether oxygens (including phenoxy) is 1. The number of para-hydroxylation sites is 1. The lowest BCUT2D eigenvalue weighted by Crippen LogP contribution is -2.12. The van der Waals surface area contributed by atoms with Gasteiger partial charge in [-0.05, 0) is 72.6 Å². The molecular weight excluding hydrogens is 508 g/mol. The summed E-state index contributed by atoms with van der Waals surface area (Å²) in [5, 5.41) is 9.56. The zero-order chi connectivity index (χ0) is 26.9. The van der Waals surface area contributed by atoms with Crippen LogP contribution in [0.5, 0.6) is 11.5 Å². The number of hydrogen-bond donors (Lipinski definition) is 2. The number of nitrogen functional groups attached to an aromatic ring is 1. The summed E-state index contributed by atoms with van der Waals surface area (Å²) in [4.78, 5) is 13.9. The summed E-state index contributed by atoms with van der Waals surface area (Å²) < 4.78 is 5.08. The topological polar surface area (TPSA) is 75.8 Å². The Morgan fingerprint density at radius 2 is 1.41 bits per heavy atom. The molecule has 200 valence electrons. The quantitative estimate of drug-likeness (QED) is 0.140. The first-order chi connectivity index (χ1) is 18.4. The molecule has 1 aliphatic carbocycles. The molecule has 0 saturated heterocycles. The van der Waals surface area contributed by atoms with Gasteiger partial charge in [-0.15, -0.1) is 12.4 Å². The van der Waals surface area contributed by atoms with Gasteiger partial charge in [0.05, 0.1) is 0 Å². The summed E-state index contributed by atoms with van der Waals surface area (Å²) in [5.41, 5.74) is 12.6. The molecule has 0 aromatic heterocycles. The van der Waals surface area contributed by atoms with Crippen molar-refractivity contribution >= 4 is 41.8 Å². The third kappa shape index (κ3) is 7.84. The van der Waals surface area contributed by atoms with E-state index in [-0.39, 0.29) is 23.7 Å². The number of nitrogens with two attached hydrogens (primary N) is 1. The standard InChI is InChI=1S/C20H21N.C13H11NO3.ClH/c1-21(2)15-7-12-20-18-10-5-3-8-16(18)13-14-17-9-4-6-11-19(17)20;14-9-6-7-11(12(15)8-9)13(16)17-10-4-2-1-3-5-10;/h3-6,8-14H,7,15H2,1-2H3;1-8,15H,14H2;1H. The summed E-state index contributed by atoms with van der Waals surface area (Å²) in [7, 11) is 4.24. The van der Waals surface area contributed by atoms with Gasteiger partial charge in [-0.3, -0.25) is 0 Å². The van der Waals surface area contributed by atoms with Crippen LogP contribution < -0.4 is 10.5 Å². The predicted octanol–water partition coefficient (Wildman–Crippen LogP) is 7.17. The monoisotopic (exact) mass is 540 g/mol. The lowest BCUT2D eigenvalue weighted by molar-refractivity contribution is 0.0731. The molecule has 39 heavy (non-hydrogen) atoms. The Labute approximate surface area is 236 Å². The average Bonchev–Trinajstić information content (AvgIpc) is 3.07. The summed E-state index contributed by atoms with van der Waals surface area (Å²) in [6.07, 6.45) is 7.89. The van der Waals surface area contributed by atoms with Crippen LogP contribution in [0, 0.1) is 0 Å². The first-order valence-corrected chi connectivity index (χ1v) is 12.5. The molecule has 0 bridgehead atoms. The Kier molecular flexibility index (Phi) is 10.5. The van der Waals surface area contributed by atoms with E-state index in [2.05, 4.69) is 85.8 Å². The largest absolute Gasteiger partial charge is 0.507 e. The van der Waals surface area contributed by atoms with Gasteiger partial charge in [-0.1, -0.05) is 85.0 Å². The molecule has 0 amide bonds. The number of carbonyl (C=O) groups excluding carboxylic acids is 1. The second-order valence-electron chi connectivity index (χ2n) is 9.20. The van der Waals surface area contributed by atoms with Gasteiger partial charge < -0.3 is 20.5 Å². The number of rotatable bonds is 5. The van der Waals surface area contributed by atoms with Crippen molar-refractivity contribution in [2.45, 2.75) is 6.42 Å². The van der Waals surface area contributed by atoms with Crippen molar-refractivity contribution in [2.75, 3.05) is 26.4 Å². The van der Waals surface area contributed by atoms with Crippen molar-refractivity contribution in [1.82, 2.24) is 4.90 Å². The molecule has 0 saturated carbocycles. The van der Waals surface area contributed by atoms with E-state index in [1.54, 1.807) is 24.3 Å². The van der Waals surface area contributed by atoms with Gasteiger partial charge in [0.1, 0.15) is 17.1 Å². The summed E-state index contributed by atoms with van der Waals surface area (Å²) in [6, 6.07) is 30.2. The molecule has 0 heterocycles. The highest BCUT2D eigenvalue weighted by Gasteiger charge is 2.14. The van der Waals surface area contributed by atoms with E-state index in [1.807, 2.05) is 6.07 Å². The summed E-state index contributed by atoms with van der Waals surface area (Å²) in [6.45, 7) is 1.07. The number of aromatic hydroxyl groups is 1. The van der Waals surface area contributed by atoms with E-state index in [0.29, 0.717) is 11.4 Å². The number of phenols is 1. The molecule has 1 aliphatic rings. The Bertz CT molecular complexity index is 1410. The zero-order valence-corrected chi connectivity index (χ0v) is 22.9. The number of hydrogen-bond acceptors (Lipinski definition) is 5. The number of anilines is 1. The van der Waals surface area contributed by atoms with Crippen LogP contribution in [0.4, 0.5) is 5.69 Å². The number of fused-ring (bicyclic) bond motifs is 2. The maximum Gasteiger partial charge on any atom is 0.347 e. The van der Waals surface area contributed by atoms with E-state index in [9.17, 15) is 9.90 Å². The van der Waals surface area contributed by atoms with Crippen molar-refractivity contribution in [3.05, 3.63) is 131 Å². The average molecular weight is 541 g/mol. The minimum Gasteiger partial charge on any atom is -0.507 e. The number of nitrogens with zero attached hydrogens (tertiary/aromatic N) is 1. The maximum atomic E-state index is 11.7. The second kappa shape index (κ2) is 14.0. The van der Waals surface area contributed by atoms with E-state index in [0.717, 1.165) is 13.0 Å². The van der Waals surface area contributed by atoms with Crippen molar-refractivity contribution in [2.24, 2.45) is 0 Å². The first-order valence-electron chi connectivity index (χ1n) is 12.5. The number of benzene rings is 4. The Hall–Kier alpha value is -4.32. The fraction of sp³-hybridized carbons (Fsp3) is 0.121. The normalized spacial score (nSPS) is 11.2. The zero-order valence-electron chi connectivity index (χ0n) is 22.1. The van der Waals surface area contributed by atoms with Crippen LogP contribution in [0.2, 0.25) is 0 Å². The number of phenolic OH excluding ortho intramolecular Hbond substituents is 1. The lowest BCUT2D eigenvalue weighted by atomic mass is 9.93. The van der Waals surface area contributed by atoms with Crippen molar-refractivity contribution < 1.29 is 14.6 Å². The Morgan fingerprint density at radius 3 is 1.97 bits per heavy atom. The molecular formula is C33H33ClN2O3. The Balaban J connectivity index is 0.000000215. The molecule has 0 radical (unpaired) electrons. The molecule has 0 spiro atoms. The first kappa shape index (κ1) is 29.2. The van der Waals surface area contributed by atoms with Gasteiger partial charge in [0.15, 0.2) is 0 Å². The van der Waals surface area contributed by atoms with Crippen LogP contribution in [0.1, 0.15) is 39.0 Å². The molecule has 0 unspecified atom stereocenters. The Morgan fingerprint density at radius 1 is 0.846 bits per heavy atom. The molecule has 0 fully saturated rings. The van der Waals surface area contributed by atoms with Gasteiger partial charge in [0.2, 0.25) is 0 Å². The van der Waals surface area contributed by atoms with Gasteiger partial charge in [-0.2, -0.15) is 0 Å². The highest BCUT2D eigenvalue weighted by atomic mass is 35.5. The highest BCUT2D eigenvalue weighted by molar-refractivity contribution is 5.95. The smallest absolute Gasteiger partial charge is 0.347 e. The van der Waals surface area contributed by atoms with Gasteiger partial charge >= 0.3 is 5.97 Å². The molecule has 5 nitrogen and oxygen atoms in total. The number of carbonyl (C=O) groups is 1. The van der Waals surface area contributed by atoms with E-state index >= 15 is 0 Å². The number of esters is 1. The van der Waals surface area contributed by atoms with Gasteiger partial charge in [-0.25, -0.2) is 4.79 Å². The van der Waals surface area contributed by atoms with Crippen molar-refractivity contribution in [3.8, 4) is 11.5 Å². The van der Waals surface area contributed by atoms with Crippen LogP contribution in [0.15, 0.2) is 103 Å². The van der Waals surface area contributed by atoms with Gasteiger partial charge in [0.25, 0.3) is 0 Å². The van der Waals surface area contributed by atoms with E-state index in [1.165, 1.54) is 46.0 Å². The van der Waals surface area contributed by atoms with Crippen LogP contribution in [0.25, 0.3) is 17.7 Å². The molecule has 0 aliphatic heterocycles. The predicted molar refractivity (Wildman–Crippen MR) is 163 cm³/mol. The second-order valence-corrected chi connectivity index (χ2v) is 9.20. The molecule has 4 aromatic carbocycles. The number of halogens is 1. The van der Waals surface area contributed by atoms with Crippen molar-refractivity contribution in [3.63, 3.8) is 0 Å². The minimum atomic E-state index is -0.617.